The number of sulfonamides is 1. The van der Waals surface area contributed by atoms with Crippen LogP contribution in [-0.4, -0.2) is 51.4 Å². The van der Waals surface area contributed by atoms with Gasteiger partial charge in [-0.2, -0.15) is 13.2 Å². The van der Waals surface area contributed by atoms with Crippen LogP contribution < -0.4 is 10.0 Å². The average molecular weight is 429 g/mol. The third kappa shape index (κ3) is 6.71. The van der Waals surface area contributed by atoms with Gasteiger partial charge in [-0.3, -0.25) is 9.98 Å². The maximum absolute atomic E-state index is 12.6. The van der Waals surface area contributed by atoms with Crippen molar-refractivity contribution in [2.24, 2.45) is 4.99 Å². The standard InChI is InChI=1S/C18H22F3N5O2S/c1-22-17(24-10-11-25-29(27,28)16-4-3-9-23-12-16)26(2)13-14-5-7-15(8-6-14)18(19,20)21/h3-9,12,25H,10-11,13H2,1-2H3,(H,22,24). The van der Waals surface area contributed by atoms with E-state index in [1.54, 1.807) is 19.0 Å². The number of nitrogens with one attached hydrogen (secondary N) is 2. The normalized spacial score (nSPS) is 12.7. The summed E-state index contributed by atoms with van der Waals surface area (Å²) < 4.78 is 64.6. The first-order chi connectivity index (χ1) is 13.6. The first-order valence-corrected chi connectivity index (χ1v) is 10.1. The van der Waals surface area contributed by atoms with Crippen LogP contribution in [0.5, 0.6) is 0 Å². The molecule has 2 rings (SSSR count). The SMILES string of the molecule is CN=C(NCCNS(=O)(=O)c1cccnc1)N(C)Cc1ccc(C(F)(F)F)cc1. The largest absolute Gasteiger partial charge is 0.416 e. The highest BCUT2D eigenvalue weighted by molar-refractivity contribution is 7.89. The lowest BCUT2D eigenvalue weighted by Gasteiger charge is -2.22. The van der Waals surface area contributed by atoms with E-state index >= 15 is 0 Å². The number of aromatic nitrogens is 1. The zero-order chi connectivity index (χ0) is 21.5. The molecule has 0 fully saturated rings. The summed E-state index contributed by atoms with van der Waals surface area (Å²) >= 11 is 0. The number of benzene rings is 1. The van der Waals surface area contributed by atoms with Gasteiger partial charge in [-0.1, -0.05) is 12.1 Å². The molecule has 1 heterocycles. The molecule has 0 unspecified atom stereocenters. The molecule has 29 heavy (non-hydrogen) atoms. The predicted octanol–water partition coefficient (Wildman–Crippen LogP) is 2.09. The molecule has 7 nitrogen and oxygen atoms in total. The van der Waals surface area contributed by atoms with Gasteiger partial charge in [0.1, 0.15) is 4.90 Å². The van der Waals surface area contributed by atoms with E-state index in [9.17, 15) is 21.6 Å². The Balaban J connectivity index is 1.85. The number of rotatable bonds is 7. The molecule has 0 saturated heterocycles. The Hall–Kier alpha value is -2.66. The smallest absolute Gasteiger partial charge is 0.355 e. The summed E-state index contributed by atoms with van der Waals surface area (Å²) in [5, 5.41) is 3.00. The summed E-state index contributed by atoms with van der Waals surface area (Å²) in [4.78, 5) is 9.67. The molecule has 1 aromatic heterocycles. The minimum atomic E-state index is -4.37. The van der Waals surface area contributed by atoms with Crippen molar-refractivity contribution in [1.82, 2.24) is 19.9 Å². The third-order valence-electron chi connectivity index (χ3n) is 3.92. The number of hydrogen-bond donors (Lipinski definition) is 2. The Morgan fingerprint density at radius 2 is 1.86 bits per heavy atom. The van der Waals surface area contributed by atoms with Crippen molar-refractivity contribution >= 4 is 16.0 Å². The molecule has 158 valence electrons. The van der Waals surface area contributed by atoms with Crippen LogP contribution >= 0.6 is 0 Å². The van der Waals surface area contributed by atoms with Crippen molar-refractivity contribution in [1.29, 1.82) is 0 Å². The molecule has 0 aliphatic heterocycles. The van der Waals surface area contributed by atoms with E-state index in [4.69, 9.17) is 0 Å². The summed E-state index contributed by atoms with van der Waals surface area (Å²) in [6.07, 6.45) is -1.63. The number of halogens is 3. The second-order valence-electron chi connectivity index (χ2n) is 6.11. The van der Waals surface area contributed by atoms with Gasteiger partial charge in [0, 0.05) is 46.1 Å². The number of alkyl halides is 3. The fourth-order valence-electron chi connectivity index (χ4n) is 2.48. The highest BCUT2D eigenvalue weighted by Gasteiger charge is 2.29. The van der Waals surface area contributed by atoms with Gasteiger partial charge >= 0.3 is 6.18 Å². The summed E-state index contributed by atoms with van der Waals surface area (Å²) in [6.45, 7) is 0.715. The number of nitrogens with zero attached hydrogens (tertiary/aromatic N) is 3. The van der Waals surface area contributed by atoms with E-state index in [0.717, 1.165) is 12.1 Å². The first-order valence-electron chi connectivity index (χ1n) is 8.61. The van der Waals surface area contributed by atoms with Gasteiger partial charge < -0.3 is 10.2 Å². The third-order valence-corrected chi connectivity index (χ3v) is 5.37. The summed E-state index contributed by atoms with van der Waals surface area (Å²) in [5.41, 5.74) is -0.0203. The van der Waals surface area contributed by atoms with Gasteiger partial charge in [0.05, 0.1) is 5.56 Å². The van der Waals surface area contributed by atoms with Crippen LogP contribution in [0, 0.1) is 0 Å². The molecule has 1 aromatic carbocycles. The van der Waals surface area contributed by atoms with Gasteiger partial charge in [0.15, 0.2) is 5.96 Å². The molecule has 0 radical (unpaired) electrons. The van der Waals surface area contributed by atoms with E-state index in [-0.39, 0.29) is 18.0 Å². The van der Waals surface area contributed by atoms with E-state index in [2.05, 4.69) is 20.0 Å². The van der Waals surface area contributed by atoms with Crippen molar-refractivity contribution < 1.29 is 21.6 Å². The number of guanidine groups is 1. The molecule has 0 atom stereocenters. The van der Waals surface area contributed by atoms with Crippen LogP contribution in [0.1, 0.15) is 11.1 Å². The van der Waals surface area contributed by atoms with Crippen molar-refractivity contribution in [2.75, 3.05) is 27.2 Å². The summed E-state index contributed by atoms with van der Waals surface area (Å²) in [5.74, 6) is 0.477. The molecule has 0 saturated carbocycles. The maximum atomic E-state index is 12.6. The zero-order valence-corrected chi connectivity index (χ0v) is 16.8. The monoisotopic (exact) mass is 429 g/mol. The van der Waals surface area contributed by atoms with E-state index < -0.39 is 21.8 Å². The van der Waals surface area contributed by atoms with Gasteiger partial charge in [-0.25, -0.2) is 13.1 Å². The molecule has 0 spiro atoms. The summed E-state index contributed by atoms with van der Waals surface area (Å²) in [7, 11) is -0.358. The lowest BCUT2D eigenvalue weighted by molar-refractivity contribution is -0.137. The summed E-state index contributed by atoms with van der Waals surface area (Å²) in [6, 6.07) is 7.87. The van der Waals surface area contributed by atoms with E-state index in [1.807, 2.05) is 0 Å². The number of aliphatic imine (C=N–C) groups is 1. The second-order valence-corrected chi connectivity index (χ2v) is 7.88. The van der Waals surface area contributed by atoms with Crippen molar-refractivity contribution in [3.63, 3.8) is 0 Å². The van der Waals surface area contributed by atoms with Crippen LogP contribution in [0.15, 0.2) is 58.7 Å². The topological polar surface area (TPSA) is 86.7 Å². The zero-order valence-electron chi connectivity index (χ0n) is 15.9. The number of pyridine rings is 1. The molecule has 2 aromatic rings. The molecular formula is C18H22F3N5O2S. The minimum Gasteiger partial charge on any atom is -0.355 e. The molecule has 2 N–H and O–H groups in total. The molecule has 0 amide bonds. The first kappa shape index (κ1) is 22.6. The highest BCUT2D eigenvalue weighted by atomic mass is 32.2. The maximum Gasteiger partial charge on any atom is 0.416 e. The van der Waals surface area contributed by atoms with E-state index in [1.165, 1.54) is 36.7 Å². The van der Waals surface area contributed by atoms with Crippen LogP contribution in [-0.2, 0) is 22.7 Å². The van der Waals surface area contributed by atoms with E-state index in [0.29, 0.717) is 18.1 Å². The predicted molar refractivity (Wildman–Crippen MR) is 104 cm³/mol. The fraction of sp³-hybridized carbons (Fsp3) is 0.333. The second kappa shape index (κ2) is 9.70. The fourth-order valence-corrected chi connectivity index (χ4v) is 3.48. The molecule has 11 heteroatoms. The van der Waals surface area contributed by atoms with Gasteiger partial charge in [0.25, 0.3) is 0 Å². The number of hydrogen-bond acceptors (Lipinski definition) is 4. The van der Waals surface area contributed by atoms with Gasteiger partial charge in [0.2, 0.25) is 10.0 Å². The van der Waals surface area contributed by atoms with Crippen molar-refractivity contribution in [3.8, 4) is 0 Å². The Morgan fingerprint density at radius 1 is 1.17 bits per heavy atom. The van der Waals surface area contributed by atoms with Crippen LogP contribution in [0.2, 0.25) is 0 Å². The van der Waals surface area contributed by atoms with Gasteiger partial charge in [-0.05, 0) is 29.8 Å². The van der Waals surface area contributed by atoms with Gasteiger partial charge in [-0.15, -0.1) is 0 Å². The molecule has 0 aliphatic rings. The minimum absolute atomic E-state index is 0.0730. The Morgan fingerprint density at radius 3 is 2.41 bits per heavy atom. The highest BCUT2D eigenvalue weighted by Crippen LogP contribution is 2.29. The molecule has 0 aliphatic carbocycles. The Kier molecular flexibility index (Phi) is 7.57. The Bertz CT molecular complexity index is 917. The molecule has 0 bridgehead atoms. The Labute approximate surface area is 167 Å². The lowest BCUT2D eigenvalue weighted by Crippen LogP contribution is -2.42. The quantitative estimate of drug-likeness (QED) is 0.400. The molecular weight excluding hydrogens is 407 g/mol. The van der Waals surface area contributed by atoms with Crippen molar-refractivity contribution in [3.05, 3.63) is 59.9 Å². The van der Waals surface area contributed by atoms with Crippen molar-refractivity contribution in [2.45, 2.75) is 17.6 Å². The van der Waals surface area contributed by atoms with Crippen LogP contribution in [0.4, 0.5) is 13.2 Å². The lowest BCUT2D eigenvalue weighted by atomic mass is 10.1. The van der Waals surface area contributed by atoms with Crippen LogP contribution in [0.3, 0.4) is 0 Å². The van der Waals surface area contributed by atoms with Crippen LogP contribution in [0.25, 0.3) is 0 Å². The average Bonchev–Trinajstić information content (AvgIpc) is 2.68.